The van der Waals surface area contributed by atoms with E-state index in [1.54, 1.807) is 30.3 Å². The number of amides is 2. The van der Waals surface area contributed by atoms with Crippen molar-refractivity contribution in [2.75, 3.05) is 24.9 Å². The number of furan rings is 1. The van der Waals surface area contributed by atoms with E-state index >= 15 is 0 Å². The Morgan fingerprint density at radius 2 is 1.58 bits per heavy atom. The van der Waals surface area contributed by atoms with Crippen molar-refractivity contribution in [1.82, 2.24) is 0 Å². The first-order chi connectivity index (χ1) is 15.9. The molecule has 1 aromatic heterocycles. The number of anilines is 2. The molecule has 9 heteroatoms. The lowest BCUT2D eigenvalue weighted by atomic mass is 10.2. The zero-order valence-electron chi connectivity index (χ0n) is 17.6. The molecule has 4 rings (SSSR count). The molecule has 1 heterocycles. The summed E-state index contributed by atoms with van der Waals surface area (Å²) in [6.07, 6.45) is 0. The molecule has 0 atom stereocenters. The third-order valence-corrected chi connectivity index (χ3v) is 5.38. The molecule has 2 amide bonds. The highest BCUT2D eigenvalue weighted by molar-refractivity contribution is 6.37. The maximum absolute atomic E-state index is 12.7. The summed E-state index contributed by atoms with van der Waals surface area (Å²) in [7, 11) is 2.90. The molecule has 0 spiro atoms. The summed E-state index contributed by atoms with van der Waals surface area (Å²) in [6, 6.07) is 16.7. The first kappa shape index (κ1) is 22.5. The fourth-order valence-electron chi connectivity index (χ4n) is 3.24. The molecule has 0 radical (unpaired) electrons. The maximum Gasteiger partial charge on any atom is 0.291 e. The minimum Gasteiger partial charge on any atom is -0.494 e. The van der Waals surface area contributed by atoms with Gasteiger partial charge >= 0.3 is 0 Å². The second-order valence-electron chi connectivity index (χ2n) is 6.94. The standard InChI is InChI=1S/C24H18Cl2N2O5/c1-31-20-12-15(27-23(29)14-9-16(25)22(32-2)17(26)10-14)7-8-18(20)28-24(30)21-11-13-5-3-4-6-19(13)33-21/h3-12H,1-2H3,(H,27,29)(H,28,30). The van der Waals surface area contributed by atoms with Crippen LogP contribution in [0.2, 0.25) is 10.0 Å². The largest absolute Gasteiger partial charge is 0.494 e. The van der Waals surface area contributed by atoms with Crippen molar-refractivity contribution in [1.29, 1.82) is 0 Å². The van der Waals surface area contributed by atoms with E-state index in [0.717, 1.165) is 5.39 Å². The minimum atomic E-state index is -0.428. The van der Waals surface area contributed by atoms with Crippen LogP contribution < -0.4 is 20.1 Å². The van der Waals surface area contributed by atoms with Gasteiger partial charge in [0.05, 0.1) is 30.0 Å². The molecule has 0 saturated heterocycles. The molecule has 3 aromatic carbocycles. The fraction of sp³-hybridized carbons (Fsp3) is 0.0833. The van der Waals surface area contributed by atoms with Gasteiger partial charge in [0, 0.05) is 22.7 Å². The molecule has 2 N–H and O–H groups in total. The van der Waals surface area contributed by atoms with Crippen molar-refractivity contribution in [3.8, 4) is 11.5 Å². The molecule has 0 unspecified atom stereocenters. The highest BCUT2D eigenvalue weighted by Crippen LogP contribution is 2.34. The molecule has 33 heavy (non-hydrogen) atoms. The lowest BCUT2D eigenvalue weighted by Crippen LogP contribution is -2.14. The highest BCUT2D eigenvalue weighted by Gasteiger charge is 2.17. The first-order valence-corrected chi connectivity index (χ1v) is 10.5. The third kappa shape index (κ3) is 4.74. The summed E-state index contributed by atoms with van der Waals surface area (Å²) in [5.41, 5.74) is 1.73. The van der Waals surface area contributed by atoms with Gasteiger partial charge in [0.25, 0.3) is 11.8 Å². The van der Waals surface area contributed by atoms with E-state index < -0.39 is 11.8 Å². The summed E-state index contributed by atoms with van der Waals surface area (Å²) in [4.78, 5) is 25.3. The Morgan fingerprint density at radius 1 is 0.848 bits per heavy atom. The Balaban J connectivity index is 1.52. The van der Waals surface area contributed by atoms with Crippen LogP contribution in [0.15, 0.2) is 65.1 Å². The van der Waals surface area contributed by atoms with Gasteiger partial charge in [-0.1, -0.05) is 41.4 Å². The van der Waals surface area contributed by atoms with E-state index in [-0.39, 0.29) is 21.4 Å². The average molecular weight is 485 g/mol. The van der Waals surface area contributed by atoms with Gasteiger partial charge in [0.15, 0.2) is 11.5 Å². The molecule has 0 bridgehead atoms. The van der Waals surface area contributed by atoms with Crippen LogP contribution >= 0.6 is 23.2 Å². The SMILES string of the molecule is COc1cc(NC(=O)c2cc(Cl)c(OC)c(Cl)c2)ccc1NC(=O)c1cc2ccccc2o1. The number of halogens is 2. The zero-order valence-corrected chi connectivity index (χ0v) is 19.1. The number of para-hydroxylation sites is 1. The third-order valence-electron chi connectivity index (χ3n) is 4.82. The number of hydrogen-bond acceptors (Lipinski definition) is 5. The van der Waals surface area contributed by atoms with Crippen LogP contribution in [0.3, 0.4) is 0 Å². The van der Waals surface area contributed by atoms with Crippen LogP contribution in [0.1, 0.15) is 20.9 Å². The topological polar surface area (TPSA) is 89.8 Å². The Labute approximate surface area is 199 Å². The van der Waals surface area contributed by atoms with E-state index in [9.17, 15) is 9.59 Å². The number of carbonyl (C=O) groups excluding carboxylic acids is 2. The molecule has 0 aliphatic heterocycles. The summed E-state index contributed by atoms with van der Waals surface area (Å²) in [5, 5.41) is 6.77. The number of carbonyl (C=O) groups is 2. The molecular weight excluding hydrogens is 467 g/mol. The normalized spacial score (nSPS) is 10.7. The molecule has 4 aromatic rings. The van der Waals surface area contributed by atoms with Crippen molar-refractivity contribution < 1.29 is 23.5 Å². The second kappa shape index (κ2) is 9.44. The van der Waals surface area contributed by atoms with Gasteiger partial charge in [0.2, 0.25) is 0 Å². The fourth-order valence-corrected chi connectivity index (χ4v) is 3.88. The predicted octanol–water partition coefficient (Wildman–Crippen LogP) is 6.26. The number of benzene rings is 3. The van der Waals surface area contributed by atoms with Crippen LogP contribution in [0.25, 0.3) is 11.0 Å². The van der Waals surface area contributed by atoms with Crippen LogP contribution in [-0.2, 0) is 0 Å². The average Bonchev–Trinajstić information content (AvgIpc) is 3.24. The van der Waals surface area contributed by atoms with Crippen molar-refractivity contribution in [3.05, 3.63) is 82.0 Å². The predicted molar refractivity (Wildman–Crippen MR) is 128 cm³/mol. The van der Waals surface area contributed by atoms with Crippen molar-refractivity contribution >= 4 is 57.4 Å². The molecule has 168 valence electrons. The van der Waals surface area contributed by atoms with Gasteiger partial charge in [-0.25, -0.2) is 0 Å². The van der Waals surface area contributed by atoms with E-state index in [1.165, 1.54) is 26.4 Å². The minimum absolute atomic E-state index is 0.170. The Morgan fingerprint density at radius 3 is 2.24 bits per heavy atom. The van der Waals surface area contributed by atoms with Gasteiger partial charge in [-0.05, 0) is 36.4 Å². The Kier molecular flexibility index (Phi) is 6.44. The maximum atomic E-state index is 12.7. The Hall–Kier alpha value is -3.68. The Bertz CT molecular complexity index is 1310. The van der Waals surface area contributed by atoms with Crippen molar-refractivity contribution in [2.45, 2.75) is 0 Å². The van der Waals surface area contributed by atoms with Gasteiger partial charge in [-0.2, -0.15) is 0 Å². The number of hydrogen-bond donors (Lipinski definition) is 2. The summed E-state index contributed by atoms with van der Waals surface area (Å²) >= 11 is 12.2. The van der Waals surface area contributed by atoms with Crippen LogP contribution in [0, 0.1) is 0 Å². The lowest BCUT2D eigenvalue weighted by Gasteiger charge is -2.13. The van der Waals surface area contributed by atoms with E-state index in [2.05, 4.69) is 10.6 Å². The van der Waals surface area contributed by atoms with Crippen LogP contribution in [0.5, 0.6) is 11.5 Å². The number of fused-ring (bicyclic) bond motifs is 1. The molecular formula is C24H18Cl2N2O5. The molecule has 0 fully saturated rings. The van der Waals surface area contributed by atoms with E-state index in [4.69, 9.17) is 37.1 Å². The molecule has 0 aliphatic carbocycles. The second-order valence-corrected chi connectivity index (χ2v) is 7.76. The van der Waals surface area contributed by atoms with Gasteiger partial charge in [0.1, 0.15) is 11.3 Å². The lowest BCUT2D eigenvalue weighted by molar-refractivity contribution is 0.0996. The molecule has 0 aliphatic rings. The van der Waals surface area contributed by atoms with Crippen molar-refractivity contribution in [3.63, 3.8) is 0 Å². The highest BCUT2D eigenvalue weighted by atomic mass is 35.5. The van der Waals surface area contributed by atoms with Gasteiger partial charge in [-0.3, -0.25) is 9.59 Å². The van der Waals surface area contributed by atoms with Crippen LogP contribution in [0.4, 0.5) is 11.4 Å². The summed E-state index contributed by atoms with van der Waals surface area (Å²) < 4.78 is 16.1. The smallest absolute Gasteiger partial charge is 0.291 e. The van der Waals surface area contributed by atoms with Crippen LogP contribution in [-0.4, -0.2) is 26.0 Å². The monoisotopic (exact) mass is 484 g/mol. The van der Waals surface area contributed by atoms with E-state index in [1.807, 2.05) is 18.2 Å². The molecule has 7 nitrogen and oxygen atoms in total. The zero-order chi connectivity index (χ0) is 23.5. The summed E-state index contributed by atoms with van der Waals surface area (Å²) in [6.45, 7) is 0. The first-order valence-electron chi connectivity index (χ1n) is 9.72. The van der Waals surface area contributed by atoms with Gasteiger partial charge < -0.3 is 24.5 Å². The van der Waals surface area contributed by atoms with Gasteiger partial charge in [-0.15, -0.1) is 0 Å². The molecule has 0 saturated carbocycles. The quantitative estimate of drug-likeness (QED) is 0.337. The number of ether oxygens (including phenoxy) is 2. The number of rotatable bonds is 6. The summed E-state index contributed by atoms with van der Waals surface area (Å²) in [5.74, 6) is -0.0422. The number of methoxy groups -OCH3 is 2. The van der Waals surface area contributed by atoms with E-state index in [0.29, 0.717) is 28.5 Å². The number of nitrogens with one attached hydrogen (secondary N) is 2. The van der Waals surface area contributed by atoms with Crippen molar-refractivity contribution in [2.24, 2.45) is 0 Å².